The van der Waals surface area contributed by atoms with Gasteiger partial charge in [-0.2, -0.15) is 0 Å². The summed E-state index contributed by atoms with van der Waals surface area (Å²) < 4.78 is 4.89. The van der Waals surface area contributed by atoms with Gasteiger partial charge in [-0.05, 0) is 31.4 Å². The number of nitrogens with one attached hydrogen (secondary N) is 2. The Bertz CT molecular complexity index is 653. The number of aromatic nitrogens is 1. The second-order valence-electron chi connectivity index (χ2n) is 5.42. The first-order valence-electron chi connectivity index (χ1n) is 7.53. The van der Waals surface area contributed by atoms with Crippen LogP contribution >= 0.6 is 0 Å². The van der Waals surface area contributed by atoms with Crippen molar-refractivity contribution in [1.82, 2.24) is 10.5 Å². The molecule has 2 amide bonds. The minimum atomic E-state index is -0.255. The summed E-state index contributed by atoms with van der Waals surface area (Å²) in [5, 5.41) is 9.19. The smallest absolute Gasteiger partial charge is 0.320 e. The fraction of sp³-hybridized carbons (Fsp3) is 0.375. The Hall–Kier alpha value is -2.50. The van der Waals surface area contributed by atoms with Crippen LogP contribution in [0.5, 0.6) is 0 Å². The van der Waals surface area contributed by atoms with E-state index < -0.39 is 0 Å². The van der Waals surface area contributed by atoms with Gasteiger partial charge in [-0.25, -0.2) is 4.79 Å². The largest absolute Gasteiger partial charge is 0.371 e. The van der Waals surface area contributed by atoms with E-state index in [-0.39, 0.29) is 6.03 Å². The number of para-hydroxylation sites is 1. The summed E-state index contributed by atoms with van der Waals surface area (Å²) in [6, 6.07) is 9.93. The first-order valence-corrected chi connectivity index (χ1v) is 7.53. The van der Waals surface area contributed by atoms with Crippen molar-refractivity contribution >= 4 is 17.5 Å². The van der Waals surface area contributed by atoms with Crippen molar-refractivity contribution in [1.29, 1.82) is 0 Å². The number of carbonyl (C=O) groups excluding carboxylic acids is 1. The van der Waals surface area contributed by atoms with E-state index in [0.717, 1.165) is 25.9 Å². The molecule has 0 unspecified atom stereocenters. The molecule has 1 aromatic carbocycles. The van der Waals surface area contributed by atoms with Crippen LogP contribution in [0.3, 0.4) is 0 Å². The predicted octanol–water partition coefficient (Wildman–Crippen LogP) is 2.56. The van der Waals surface area contributed by atoms with Crippen LogP contribution < -0.4 is 15.5 Å². The molecule has 3 rings (SSSR count). The molecule has 0 atom stereocenters. The lowest BCUT2D eigenvalue weighted by Gasteiger charge is -2.19. The second-order valence-corrected chi connectivity index (χ2v) is 5.42. The van der Waals surface area contributed by atoms with E-state index in [1.165, 1.54) is 11.3 Å². The molecule has 2 N–H and O–H groups in total. The van der Waals surface area contributed by atoms with Crippen molar-refractivity contribution in [2.24, 2.45) is 0 Å². The zero-order chi connectivity index (χ0) is 15.4. The van der Waals surface area contributed by atoms with Crippen LogP contribution in [-0.4, -0.2) is 30.8 Å². The molecule has 0 bridgehead atoms. The number of hydrogen-bond donors (Lipinski definition) is 2. The van der Waals surface area contributed by atoms with Crippen molar-refractivity contribution in [2.45, 2.75) is 19.8 Å². The zero-order valence-corrected chi connectivity index (χ0v) is 12.6. The summed E-state index contributed by atoms with van der Waals surface area (Å²) in [5.74, 6) is 1.10. The van der Waals surface area contributed by atoms with Gasteiger partial charge in [-0.1, -0.05) is 23.4 Å². The Kier molecular flexibility index (Phi) is 4.27. The summed E-state index contributed by atoms with van der Waals surface area (Å²) in [5.41, 5.74) is 2.74. The number of amides is 2. The van der Waals surface area contributed by atoms with E-state index >= 15 is 0 Å². The van der Waals surface area contributed by atoms with Crippen LogP contribution in [-0.2, 0) is 6.42 Å². The van der Waals surface area contributed by atoms with Crippen molar-refractivity contribution in [3.63, 3.8) is 0 Å². The molecule has 22 heavy (non-hydrogen) atoms. The van der Waals surface area contributed by atoms with Crippen LogP contribution in [0.15, 0.2) is 34.9 Å². The molecule has 1 aliphatic rings. The number of rotatable bonds is 5. The molecule has 2 heterocycles. The van der Waals surface area contributed by atoms with Crippen LogP contribution in [0.1, 0.15) is 17.7 Å². The highest BCUT2D eigenvalue weighted by molar-refractivity contribution is 5.88. The van der Waals surface area contributed by atoms with Crippen LogP contribution in [0, 0.1) is 6.92 Å². The van der Waals surface area contributed by atoms with Gasteiger partial charge in [0, 0.05) is 31.4 Å². The number of aryl methyl sites for hydroxylation is 1. The molecule has 0 spiro atoms. The third kappa shape index (κ3) is 3.39. The van der Waals surface area contributed by atoms with E-state index in [9.17, 15) is 4.79 Å². The molecule has 116 valence electrons. The fourth-order valence-corrected chi connectivity index (χ4v) is 2.70. The molecule has 0 radical (unpaired) electrons. The Morgan fingerprint density at radius 2 is 2.27 bits per heavy atom. The maximum absolute atomic E-state index is 11.7. The summed E-state index contributed by atoms with van der Waals surface area (Å²) >= 11 is 0. The normalized spacial score (nSPS) is 13.0. The lowest BCUT2D eigenvalue weighted by atomic mass is 10.2. The topological polar surface area (TPSA) is 70.4 Å². The van der Waals surface area contributed by atoms with Gasteiger partial charge in [-0.3, -0.25) is 5.32 Å². The van der Waals surface area contributed by atoms with E-state index in [2.05, 4.69) is 45.0 Å². The van der Waals surface area contributed by atoms with E-state index in [4.69, 9.17) is 4.52 Å². The Labute approximate surface area is 129 Å². The molecule has 0 saturated carbocycles. The van der Waals surface area contributed by atoms with E-state index in [1.54, 1.807) is 13.0 Å². The first kappa shape index (κ1) is 14.4. The quantitative estimate of drug-likeness (QED) is 0.833. The molecular weight excluding hydrogens is 280 g/mol. The maximum atomic E-state index is 11.7. The number of hydrogen-bond acceptors (Lipinski definition) is 4. The highest BCUT2D eigenvalue weighted by Gasteiger charge is 2.17. The van der Waals surface area contributed by atoms with E-state index in [1.807, 2.05) is 0 Å². The zero-order valence-electron chi connectivity index (χ0n) is 12.6. The number of fused-ring (bicyclic) bond motifs is 1. The van der Waals surface area contributed by atoms with Crippen LogP contribution in [0.25, 0.3) is 0 Å². The minimum Gasteiger partial charge on any atom is -0.371 e. The van der Waals surface area contributed by atoms with Gasteiger partial charge in [0.1, 0.15) is 5.76 Å². The predicted molar refractivity (Wildman–Crippen MR) is 85.2 cm³/mol. The monoisotopic (exact) mass is 300 g/mol. The van der Waals surface area contributed by atoms with Gasteiger partial charge in [0.15, 0.2) is 5.82 Å². The molecule has 6 heteroatoms. The van der Waals surface area contributed by atoms with Gasteiger partial charge in [0.2, 0.25) is 0 Å². The highest BCUT2D eigenvalue weighted by Crippen LogP contribution is 2.27. The molecule has 0 saturated heterocycles. The summed E-state index contributed by atoms with van der Waals surface area (Å²) in [6.45, 7) is 4.41. The van der Waals surface area contributed by atoms with Gasteiger partial charge < -0.3 is 14.7 Å². The lowest BCUT2D eigenvalue weighted by molar-refractivity contribution is 0.251. The number of anilines is 2. The summed E-state index contributed by atoms with van der Waals surface area (Å²) in [4.78, 5) is 14.1. The second kappa shape index (κ2) is 6.51. The lowest BCUT2D eigenvalue weighted by Crippen LogP contribution is -2.32. The third-order valence-electron chi connectivity index (χ3n) is 3.74. The van der Waals surface area contributed by atoms with Gasteiger partial charge in [-0.15, -0.1) is 0 Å². The summed E-state index contributed by atoms with van der Waals surface area (Å²) in [6.07, 6.45) is 2.01. The number of urea groups is 1. The van der Waals surface area contributed by atoms with Crippen molar-refractivity contribution in [3.8, 4) is 0 Å². The SMILES string of the molecule is Cc1cc(NC(=O)NCCCN2CCc3ccccc32)no1. The standard InChI is InChI=1S/C16H20N4O2/c1-12-11-15(19-22-12)18-16(21)17-8-4-9-20-10-7-13-5-2-3-6-14(13)20/h2-3,5-6,11H,4,7-10H2,1H3,(H2,17,18,19,21). The molecular formula is C16H20N4O2. The van der Waals surface area contributed by atoms with Crippen molar-refractivity contribution in [3.05, 3.63) is 41.7 Å². The Balaban J connectivity index is 1.38. The Morgan fingerprint density at radius 1 is 1.41 bits per heavy atom. The number of benzene rings is 1. The highest BCUT2D eigenvalue weighted by atomic mass is 16.5. The average molecular weight is 300 g/mol. The molecule has 1 aromatic heterocycles. The number of nitrogens with zero attached hydrogens (tertiary/aromatic N) is 2. The van der Waals surface area contributed by atoms with E-state index in [0.29, 0.717) is 18.1 Å². The average Bonchev–Trinajstić information content (AvgIpc) is 3.10. The fourth-order valence-electron chi connectivity index (χ4n) is 2.70. The molecule has 0 aliphatic carbocycles. The third-order valence-corrected chi connectivity index (χ3v) is 3.74. The molecule has 0 fully saturated rings. The maximum Gasteiger partial charge on any atom is 0.320 e. The summed E-state index contributed by atoms with van der Waals surface area (Å²) in [7, 11) is 0. The first-order chi connectivity index (χ1) is 10.7. The van der Waals surface area contributed by atoms with Gasteiger partial charge >= 0.3 is 6.03 Å². The Morgan fingerprint density at radius 3 is 3.09 bits per heavy atom. The molecule has 1 aliphatic heterocycles. The van der Waals surface area contributed by atoms with Crippen molar-refractivity contribution < 1.29 is 9.32 Å². The van der Waals surface area contributed by atoms with Gasteiger partial charge in [0.25, 0.3) is 0 Å². The van der Waals surface area contributed by atoms with Crippen LogP contribution in [0.4, 0.5) is 16.3 Å². The van der Waals surface area contributed by atoms with Gasteiger partial charge in [0.05, 0.1) is 0 Å². The minimum absolute atomic E-state index is 0.255. The van der Waals surface area contributed by atoms with Crippen LogP contribution in [0.2, 0.25) is 0 Å². The molecule has 2 aromatic rings. The number of carbonyl (C=O) groups is 1. The molecule has 6 nitrogen and oxygen atoms in total. The van der Waals surface area contributed by atoms with Crippen molar-refractivity contribution in [2.75, 3.05) is 29.9 Å².